The number of hydrogen-bond donors (Lipinski definition) is 3. The summed E-state index contributed by atoms with van der Waals surface area (Å²) in [5.74, 6) is 0.981. The van der Waals surface area contributed by atoms with Crippen LogP contribution in [-0.4, -0.2) is 96.7 Å². The van der Waals surface area contributed by atoms with E-state index in [0.29, 0.717) is 25.7 Å². The van der Waals surface area contributed by atoms with Crippen LogP contribution in [0.2, 0.25) is 0 Å². The van der Waals surface area contributed by atoms with Crippen molar-refractivity contribution in [3.8, 4) is 0 Å². The Morgan fingerprint density at radius 1 is 0.292 bits per heavy atom. The van der Waals surface area contributed by atoms with Crippen molar-refractivity contribution in [2.75, 3.05) is 39.6 Å². The van der Waals surface area contributed by atoms with Gasteiger partial charge in [-0.2, -0.15) is 0 Å². The molecule has 17 nitrogen and oxygen atoms in total. The van der Waals surface area contributed by atoms with Gasteiger partial charge in [0, 0.05) is 25.7 Å². The van der Waals surface area contributed by atoms with Gasteiger partial charge in [-0.25, -0.2) is 9.13 Å². The quantitative estimate of drug-likeness (QED) is 0.0222. The minimum Gasteiger partial charge on any atom is -0.462 e. The minimum atomic E-state index is -4.96. The van der Waals surface area contributed by atoms with Gasteiger partial charge < -0.3 is 33.8 Å². The number of carbonyl (C=O) groups is 4. The summed E-state index contributed by atoms with van der Waals surface area (Å²) in [5.41, 5.74) is 0. The second-order valence-corrected chi connectivity index (χ2v) is 32.1. The van der Waals surface area contributed by atoms with Crippen molar-refractivity contribution in [2.45, 2.75) is 408 Å². The third-order valence-electron chi connectivity index (χ3n) is 18.5. The zero-order valence-corrected chi connectivity index (χ0v) is 64.8. The summed E-state index contributed by atoms with van der Waals surface area (Å²) in [6.45, 7) is 14.2. The van der Waals surface area contributed by atoms with Crippen molar-refractivity contribution in [3.63, 3.8) is 0 Å². The van der Waals surface area contributed by atoms with E-state index < -0.39 is 97.5 Å². The van der Waals surface area contributed by atoms with E-state index in [4.69, 9.17) is 37.0 Å². The predicted molar refractivity (Wildman–Crippen MR) is 391 cm³/mol. The Bertz CT molecular complexity index is 1890. The van der Waals surface area contributed by atoms with E-state index in [2.05, 4.69) is 55.4 Å². The molecule has 570 valence electrons. The first-order chi connectivity index (χ1) is 46.2. The number of carbonyl (C=O) groups excluding carboxylic acids is 4. The summed E-state index contributed by atoms with van der Waals surface area (Å²) >= 11 is 0. The van der Waals surface area contributed by atoms with Crippen molar-refractivity contribution < 1.29 is 80.2 Å². The van der Waals surface area contributed by atoms with Crippen molar-refractivity contribution in [3.05, 3.63) is 0 Å². The Morgan fingerprint density at radius 2 is 0.500 bits per heavy atom. The highest BCUT2D eigenvalue weighted by Gasteiger charge is 2.30. The zero-order valence-electron chi connectivity index (χ0n) is 63.0. The lowest BCUT2D eigenvalue weighted by atomic mass is 9.99. The predicted octanol–water partition coefficient (Wildman–Crippen LogP) is 22.4. The summed E-state index contributed by atoms with van der Waals surface area (Å²) in [5, 5.41) is 10.6. The van der Waals surface area contributed by atoms with Crippen molar-refractivity contribution in [1.82, 2.24) is 0 Å². The molecule has 0 fully saturated rings. The minimum absolute atomic E-state index is 0.105. The molecule has 0 rings (SSSR count). The third-order valence-corrected chi connectivity index (χ3v) is 20.4. The molecule has 0 heterocycles. The van der Waals surface area contributed by atoms with Gasteiger partial charge in [0.05, 0.1) is 26.4 Å². The molecule has 0 spiro atoms. The van der Waals surface area contributed by atoms with Crippen LogP contribution in [0.15, 0.2) is 0 Å². The maximum Gasteiger partial charge on any atom is 0.472 e. The smallest absolute Gasteiger partial charge is 0.462 e. The highest BCUT2D eigenvalue weighted by molar-refractivity contribution is 7.47. The fourth-order valence-electron chi connectivity index (χ4n) is 11.7. The van der Waals surface area contributed by atoms with E-state index >= 15 is 0 Å². The normalized spacial score (nSPS) is 14.7. The van der Waals surface area contributed by atoms with Gasteiger partial charge in [0.15, 0.2) is 12.2 Å². The van der Waals surface area contributed by atoms with Gasteiger partial charge in [-0.3, -0.25) is 37.3 Å². The van der Waals surface area contributed by atoms with Crippen LogP contribution in [0.25, 0.3) is 0 Å². The average Bonchev–Trinajstić information content (AvgIpc) is 1.33. The Hall–Kier alpha value is -1.94. The number of aliphatic hydroxyl groups is 1. The first-order valence-corrected chi connectivity index (χ1v) is 42.8. The third kappa shape index (κ3) is 67.9. The molecule has 0 aliphatic rings. The van der Waals surface area contributed by atoms with Crippen LogP contribution in [-0.2, 0) is 65.4 Å². The average molecular weight is 1410 g/mol. The molecule has 3 N–H and O–H groups in total. The molecule has 4 unspecified atom stereocenters. The number of hydrogen-bond acceptors (Lipinski definition) is 15. The van der Waals surface area contributed by atoms with E-state index in [0.717, 1.165) is 120 Å². The number of unbranched alkanes of at least 4 members (excludes halogenated alkanes) is 38. The highest BCUT2D eigenvalue weighted by atomic mass is 31.2. The standard InChI is InChI=1S/C77H150O17P2/c1-9-69(7)55-47-39-31-25-20-22-28-34-44-52-60-77(82)94-73(64-88-75(80)58-50-42-36-35-40-48-56-70(8)10-2)66-92-96(85,86)90-62-71(78)61-89-95(83,84)91-65-72(63-87-74(79)57-49-41-32-26-21-19-24-30-38-46-54-68(5)6)93-76(81)59-51-43-33-27-18-16-14-12-11-13-15-17-23-29-37-45-53-67(3)4/h67-73,78H,9-66H2,1-8H3,(H,83,84)(H,85,86)/t69?,70?,71-,72-,73-/m1/s1. The lowest BCUT2D eigenvalue weighted by Gasteiger charge is -2.21. The van der Waals surface area contributed by atoms with Crippen LogP contribution in [0.1, 0.15) is 389 Å². The van der Waals surface area contributed by atoms with Gasteiger partial charge in [-0.15, -0.1) is 0 Å². The van der Waals surface area contributed by atoms with E-state index in [9.17, 15) is 43.2 Å². The fraction of sp³-hybridized carbons (Fsp3) is 0.948. The number of esters is 4. The topological polar surface area (TPSA) is 237 Å². The van der Waals surface area contributed by atoms with Gasteiger partial charge >= 0.3 is 39.5 Å². The Labute approximate surface area is 588 Å². The van der Waals surface area contributed by atoms with Crippen LogP contribution >= 0.6 is 15.6 Å². The van der Waals surface area contributed by atoms with Gasteiger partial charge in [-0.1, -0.05) is 338 Å². The second-order valence-electron chi connectivity index (χ2n) is 29.2. The van der Waals surface area contributed by atoms with E-state index in [1.807, 2.05) is 0 Å². The maximum atomic E-state index is 13.1. The van der Waals surface area contributed by atoms with Crippen LogP contribution in [0.4, 0.5) is 0 Å². The SMILES string of the molecule is CCC(C)CCCCCCCCCCCCC(=O)O[C@H](COC(=O)CCCCCCCCC(C)CC)COP(=O)(O)OC[C@H](O)COP(=O)(O)OC[C@@H](COC(=O)CCCCCCCCCCCCC(C)C)OC(=O)CCCCCCCCCCCCCCCCCCC(C)C. The molecule has 0 aromatic heterocycles. The lowest BCUT2D eigenvalue weighted by Crippen LogP contribution is -2.30. The molecule has 0 aromatic rings. The van der Waals surface area contributed by atoms with E-state index in [-0.39, 0.29) is 25.7 Å². The summed E-state index contributed by atoms with van der Waals surface area (Å²) in [7, 11) is -9.92. The molecule has 96 heavy (non-hydrogen) atoms. The van der Waals surface area contributed by atoms with Gasteiger partial charge in [0.1, 0.15) is 19.3 Å². The van der Waals surface area contributed by atoms with Gasteiger partial charge in [0.25, 0.3) is 0 Å². The lowest BCUT2D eigenvalue weighted by molar-refractivity contribution is -0.161. The molecule has 0 aliphatic carbocycles. The van der Waals surface area contributed by atoms with E-state index in [1.54, 1.807) is 0 Å². The Balaban J connectivity index is 5.25. The molecule has 0 amide bonds. The molecular formula is C77H150O17P2. The molecule has 0 bridgehead atoms. The van der Waals surface area contributed by atoms with E-state index in [1.165, 1.54) is 186 Å². The van der Waals surface area contributed by atoms with Gasteiger partial charge in [0.2, 0.25) is 0 Å². The zero-order chi connectivity index (χ0) is 71.0. The van der Waals surface area contributed by atoms with Crippen LogP contribution in [0.3, 0.4) is 0 Å². The number of ether oxygens (including phenoxy) is 4. The molecule has 0 aromatic carbocycles. The molecule has 0 radical (unpaired) electrons. The molecular weight excluding hydrogens is 1260 g/mol. The number of phosphoric acid groups is 2. The Kier molecular flexibility index (Phi) is 65.0. The van der Waals surface area contributed by atoms with Crippen LogP contribution in [0, 0.1) is 23.7 Å². The van der Waals surface area contributed by atoms with Crippen LogP contribution in [0.5, 0.6) is 0 Å². The number of rotatable bonds is 74. The first-order valence-electron chi connectivity index (χ1n) is 39.8. The summed E-state index contributed by atoms with van der Waals surface area (Å²) in [6.07, 6.45) is 51.3. The number of phosphoric ester groups is 2. The molecule has 19 heteroatoms. The second kappa shape index (κ2) is 66.3. The molecule has 0 aliphatic heterocycles. The maximum absolute atomic E-state index is 13.1. The first kappa shape index (κ1) is 94.1. The Morgan fingerprint density at radius 3 is 0.740 bits per heavy atom. The highest BCUT2D eigenvalue weighted by Crippen LogP contribution is 2.45. The largest absolute Gasteiger partial charge is 0.472 e. The summed E-state index contributed by atoms with van der Waals surface area (Å²) in [6, 6.07) is 0. The van der Waals surface area contributed by atoms with Gasteiger partial charge in [-0.05, 0) is 49.4 Å². The van der Waals surface area contributed by atoms with Crippen molar-refractivity contribution >= 4 is 39.5 Å². The fourth-order valence-corrected chi connectivity index (χ4v) is 13.2. The molecule has 0 saturated carbocycles. The van der Waals surface area contributed by atoms with Crippen molar-refractivity contribution in [2.24, 2.45) is 23.7 Å². The van der Waals surface area contributed by atoms with Crippen LogP contribution < -0.4 is 0 Å². The summed E-state index contributed by atoms with van der Waals surface area (Å²) < 4.78 is 68.6. The molecule has 0 saturated heterocycles. The number of aliphatic hydroxyl groups excluding tert-OH is 1. The molecule has 7 atom stereocenters. The van der Waals surface area contributed by atoms with Crippen molar-refractivity contribution in [1.29, 1.82) is 0 Å². The summed E-state index contributed by atoms with van der Waals surface area (Å²) in [4.78, 5) is 72.9. The monoisotopic (exact) mass is 1410 g/mol.